The van der Waals surface area contributed by atoms with Crippen molar-refractivity contribution in [3.8, 4) is 0 Å². The molecule has 0 amide bonds. The predicted octanol–water partition coefficient (Wildman–Crippen LogP) is 2.56. The molecule has 0 saturated heterocycles. The van der Waals surface area contributed by atoms with Crippen LogP contribution in [0.2, 0.25) is 0 Å². The van der Waals surface area contributed by atoms with Gasteiger partial charge in [0, 0.05) is 43.1 Å². The lowest BCUT2D eigenvalue weighted by molar-refractivity contribution is -0.383. The zero-order valence-electron chi connectivity index (χ0n) is 12.5. The number of anilines is 1. The normalized spacial score (nSPS) is 11.6. The van der Waals surface area contributed by atoms with Crippen LogP contribution in [0.4, 0.5) is 11.4 Å². The summed E-state index contributed by atoms with van der Waals surface area (Å²) in [5.74, 6) is 0. The van der Waals surface area contributed by atoms with Crippen molar-refractivity contribution in [3.05, 3.63) is 40.7 Å². The molecule has 0 aliphatic rings. The van der Waals surface area contributed by atoms with E-state index in [4.69, 9.17) is 5.73 Å². The number of nitro benzene ring substituents is 1. The van der Waals surface area contributed by atoms with E-state index in [0.717, 1.165) is 17.6 Å². The highest BCUT2D eigenvalue weighted by Crippen LogP contribution is 2.33. The van der Waals surface area contributed by atoms with Gasteiger partial charge >= 0.3 is 0 Å². The predicted molar refractivity (Wildman–Crippen MR) is 84.5 cm³/mol. The fourth-order valence-electron chi connectivity index (χ4n) is 2.44. The van der Waals surface area contributed by atoms with Crippen LogP contribution in [-0.4, -0.2) is 30.0 Å². The number of aromatic nitrogens is 1. The van der Waals surface area contributed by atoms with Crippen LogP contribution in [0, 0.1) is 15.5 Å². The average Bonchev–Trinajstić information content (AvgIpc) is 2.45. The van der Waals surface area contributed by atoms with E-state index in [1.807, 2.05) is 13.1 Å². The zero-order chi connectivity index (χ0) is 15.6. The van der Waals surface area contributed by atoms with Gasteiger partial charge in [-0.05, 0) is 24.1 Å². The second-order valence-corrected chi connectivity index (χ2v) is 6.01. The van der Waals surface area contributed by atoms with Crippen molar-refractivity contribution < 1.29 is 4.92 Å². The van der Waals surface area contributed by atoms with E-state index in [1.54, 1.807) is 18.5 Å². The second-order valence-electron chi connectivity index (χ2n) is 6.01. The molecule has 6 nitrogen and oxygen atoms in total. The summed E-state index contributed by atoms with van der Waals surface area (Å²) >= 11 is 0. The van der Waals surface area contributed by atoms with Crippen LogP contribution in [0.25, 0.3) is 10.8 Å². The first kappa shape index (κ1) is 15.2. The molecule has 2 aromatic rings. The number of rotatable bonds is 5. The second kappa shape index (κ2) is 5.65. The summed E-state index contributed by atoms with van der Waals surface area (Å²) in [5, 5.41) is 12.5. The number of non-ortho nitro benzene ring substituents is 1. The van der Waals surface area contributed by atoms with Gasteiger partial charge < -0.3 is 10.6 Å². The molecule has 0 aliphatic carbocycles. The largest absolute Gasteiger partial charge is 0.374 e. The molecule has 1 aromatic heterocycles. The number of fused-ring (bicyclic) bond motifs is 1. The Kier molecular flexibility index (Phi) is 4.09. The van der Waals surface area contributed by atoms with E-state index in [2.05, 4.69) is 23.7 Å². The number of pyridine rings is 1. The number of benzene rings is 1. The van der Waals surface area contributed by atoms with Gasteiger partial charge in [-0.2, -0.15) is 0 Å². The van der Waals surface area contributed by atoms with E-state index >= 15 is 0 Å². The zero-order valence-corrected chi connectivity index (χ0v) is 12.5. The SMILES string of the molecule is CN(CC(C)(C)CN)c1ccc([N+](=O)[O-])c2cnccc12. The van der Waals surface area contributed by atoms with Crippen LogP contribution >= 0.6 is 0 Å². The molecule has 21 heavy (non-hydrogen) atoms. The fourth-order valence-corrected chi connectivity index (χ4v) is 2.44. The Bertz CT molecular complexity index is 670. The van der Waals surface area contributed by atoms with E-state index in [1.165, 1.54) is 6.07 Å². The van der Waals surface area contributed by atoms with Crippen LogP contribution in [0.3, 0.4) is 0 Å². The van der Waals surface area contributed by atoms with Gasteiger partial charge in [0.2, 0.25) is 0 Å². The first-order valence-corrected chi connectivity index (χ1v) is 6.78. The maximum absolute atomic E-state index is 11.1. The third-order valence-corrected chi connectivity index (χ3v) is 3.60. The molecule has 6 heteroatoms. The van der Waals surface area contributed by atoms with Gasteiger partial charge in [0.1, 0.15) is 0 Å². The maximum Gasteiger partial charge on any atom is 0.278 e. The van der Waals surface area contributed by atoms with Crippen LogP contribution < -0.4 is 10.6 Å². The molecular formula is C15H20N4O2. The molecule has 0 spiro atoms. The van der Waals surface area contributed by atoms with Crippen molar-refractivity contribution in [2.75, 3.05) is 25.0 Å². The maximum atomic E-state index is 11.1. The Morgan fingerprint density at radius 3 is 2.67 bits per heavy atom. The Labute approximate surface area is 123 Å². The third-order valence-electron chi connectivity index (χ3n) is 3.60. The number of hydrogen-bond donors (Lipinski definition) is 1. The van der Waals surface area contributed by atoms with Crippen molar-refractivity contribution in [2.24, 2.45) is 11.1 Å². The van der Waals surface area contributed by atoms with Gasteiger partial charge in [0.25, 0.3) is 5.69 Å². The Morgan fingerprint density at radius 2 is 2.05 bits per heavy atom. The van der Waals surface area contributed by atoms with Crippen molar-refractivity contribution in [3.63, 3.8) is 0 Å². The molecule has 0 radical (unpaired) electrons. The minimum absolute atomic E-state index is 0.0319. The molecule has 1 aromatic carbocycles. The molecular weight excluding hydrogens is 268 g/mol. The summed E-state index contributed by atoms with van der Waals surface area (Å²) in [4.78, 5) is 16.8. The Balaban J connectivity index is 2.51. The van der Waals surface area contributed by atoms with Crippen molar-refractivity contribution in [2.45, 2.75) is 13.8 Å². The highest BCUT2D eigenvalue weighted by molar-refractivity contribution is 5.99. The first-order chi connectivity index (χ1) is 9.85. The van der Waals surface area contributed by atoms with Crippen LogP contribution in [-0.2, 0) is 0 Å². The topological polar surface area (TPSA) is 85.3 Å². The smallest absolute Gasteiger partial charge is 0.278 e. The molecule has 0 bridgehead atoms. The summed E-state index contributed by atoms with van der Waals surface area (Å²) in [6.07, 6.45) is 3.19. The number of nitro groups is 1. The van der Waals surface area contributed by atoms with E-state index < -0.39 is 0 Å². The van der Waals surface area contributed by atoms with Gasteiger partial charge in [0.15, 0.2) is 0 Å². The highest BCUT2D eigenvalue weighted by atomic mass is 16.6. The quantitative estimate of drug-likeness (QED) is 0.675. The summed E-state index contributed by atoms with van der Waals surface area (Å²) in [7, 11) is 1.97. The number of hydrogen-bond acceptors (Lipinski definition) is 5. The van der Waals surface area contributed by atoms with Crippen molar-refractivity contribution >= 4 is 22.1 Å². The van der Waals surface area contributed by atoms with Crippen molar-refractivity contribution in [1.29, 1.82) is 0 Å². The molecule has 2 N–H and O–H groups in total. The standard InChI is InChI=1S/C15H20N4O2/c1-15(2,9-16)10-18(3)13-4-5-14(19(20)21)12-8-17-7-6-11(12)13/h4-8H,9-10,16H2,1-3H3. The van der Waals surface area contributed by atoms with Gasteiger partial charge in [-0.15, -0.1) is 0 Å². The van der Waals surface area contributed by atoms with Gasteiger partial charge in [-0.3, -0.25) is 15.1 Å². The lowest BCUT2D eigenvalue weighted by atomic mass is 9.93. The fraction of sp³-hybridized carbons (Fsp3) is 0.400. The Hall–Kier alpha value is -2.21. The van der Waals surface area contributed by atoms with E-state index in [9.17, 15) is 10.1 Å². The lowest BCUT2D eigenvalue weighted by Gasteiger charge is -2.31. The molecule has 0 atom stereocenters. The summed E-state index contributed by atoms with van der Waals surface area (Å²) in [5.41, 5.74) is 6.77. The molecule has 112 valence electrons. The van der Waals surface area contributed by atoms with Gasteiger partial charge in [0.05, 0.1) is 10.3 Å². The van der Waals surface area contributed by atoms with Gasteiger partial charge in [-0.1, -0.05) is 13.8 Å². The van der Waals surface area contributed by atoms with Gasteiger partial charge in [-0.25, -0.2) is 0 Å². The lowest BCUT2D eigenvalue weighted by Crippen LogP contribution is -2.36. The molecule has 0 saturated carbocycles. The van der Waals surface area contributed by atoms with Crippen molar-refractivity contribution in [1.82, 2.24) is 4.98 Å². The van der Waals surface area contributed by atoms with Crippen LogP contribution in [0.5, 0.6) is 0 Å². The average molecular weight is 288 g/mol. The molecule has 1 heterocycles. The molecule has 2 rings (SSSR count). The van der Waals surface area contributed by atoms with Crippen LogP contribution in [0.1, 0.15) is 13.8 Å². The van der Waals surface area contributed by atoms with E-state index in [-0.39, 0.29) is 16.0 Å². The van der Waals surface area contributed by atoms with Crippen LogP contribution in [0.15, 0.2) is 30.6 Å². The molecule has 0 fully saturated rings. The molecule has 0 aliphatic heterocycles. The number of nitrogens with two attached hydrogens (primary N) is 1. The number of nitrogens with zero attached hydrogens (tertiary/aromatic N) is 3. The highest BCUT2D eigenvalue weighted by Gasteiger charge is 2.21. The van der Waals surface area contributed by atoms with E-state index in [0.29, 0.717) is 11.9 Å². The third kappa shape index (κ3) is 3.11. The monoisotopic (exact) mass is 288 g/mol. The summed E-state index contributed by atoms with van der Waals surface area (Å²) < 4.78 is 0. The minimum atomic E-state index is -0.377. The molecule has 0 unspecified atom stereocenters. The Morgan fingerprint density at radius 1 is 1.33 bits per heavy atom. The summed E-state index contributed by atoms with van der Waals surface area (Å²) in [6.45, 7) is 5.53. The minimum Gasteiger partial charge on any atom is -0.374 e. The first-order valence-electron chi connectivity index (χ1n) is 6.78. The summed E-state index contributed by atoms with van der Waals surface area (Å²) in [6, 6.07) is 5.13.